The smallest absolute Gasteiger partial charge is 0.0294 e. The van der Waals surface area contributed by atoms with Crippen molar-refractivity contribution in [2.24, 2.45) is 29.1 Å². The molecule has 4 aliphatic rings. The number of hydrogen-bond acceptors (Lipinski definition) is 0. The van der Waals surface area contributed by atoms with Gasteiger partial charge >= 0.3 is 0 Å². The zero-order valence-corrected chi connectivity index (χ0v) is 14.1. The molecule has 120 valence electrons. The van der Waals surface area contributed by atoms with Gasteiger partial charge in [-0.2, -0.15) is 0 Å². The van der Waals surface area contributed by atoms with Crippen LogP contribution in [-0.2, 0) is 0 Å². The minimum atomic E-state index is 0.893. The lowest BCUT2D eigenvalue weighted by Crippen LogP contribution is -2.16. The number of hydrogen-bond donors (Lipinski definition) is 0. The first-order valence-corrected chi connectivity index (χ1v) is 10.3. The summed E-state index contributed by atoms with van der Waals surface area (Å²) in [7, 11) is 0. The van der Waals surface area contributed by atoms with Gasteiger partial charge in [0.1, 0.15) is 0 Å². The Morgan fingerprint density at radius 3 is 2.19 bits per heavy atom. The van der Waals surface area contributed by atoms with E-state index in [1.807, 2.05) is 0 Å². The van der Waals surface area contributed by atoms with Crippen LogP contribution in [0.5, 0.6) is 0 Å². The van der Waals surface area contributed by atoms with E-state index < -0.39 is 0 Å². The summed E-state index contributed by atoms with van der Waals surface area (Å²) in [6, 6.07) is 0. The van der Waals surface area contributed by atoms with E-state index in [9.17, 15) is 0 Å². The van der Waals surface area contributed by atoms with E-state index in [4.69, 9.17) is 0 Å². The van der Waals surface area contributed by atoms with Crippen molar-refractivity contribution in [2.75, 3.05) is 0 Å². The zero-order valence-electron chi connectivity index (χ0n) is 14.1. The van der Waals surface area contributed by atoms with Gasteiger partial charge in [-0.25, -0.2) is 0 Å². The summed E-state index contributed by atoms with van der Waals surface area (Å²) in [6.07, 6.45) is 25.2. The highest BCUT2D eigenvalue weighted by atomic mass is 14.5. The summed E-state index contributed by atoms with van der Waals surface area (Å²) in [5, 5.41) is 0. The van der Waals surface area contributed by atoms with Crippen LogP contribution >= 0.6 is 0 Å². The number of rotatable bonds is 6. The van der Waals surface area contributed by atoms with E-state index in [-0.39, 0.29) is 0 Å². The van der Waals surface area contributed by atoms with E-state index in [0.717, 1.165) is 29.1 Å². The molecule has 0 aromatic heterocycles. The van der Waals surface area contributed by atoms with Crippen LogP contribution in [0.1, 0.15) is 103 Å². The Labute approximate surface area is 132 Å². The first kappa shape index (κ1) is 14.6. The molecule has 1 spiro atoms. The molecule has 0 bridgehead atoms. The minimum absolute atomic E-state index is 0.893. The van der Waals surface area contributed by atoms with Crippen molar-refractivity contribution in [3.05, 3.63) is 0 Å². The molecule has 0 N–H and O–H groups in total. The van der Waals surface area contributed by atoms with Crippen LogP contribution in [0.3, 0.4) is 0 Å². The lowest BCUT2D eigenvalue weighted by Gasteiger charge is -2.29. The normalized spacial score (nSPS) is 38.6. The van der Waals surface area contributed by atoms with Crippen molar-refractivity contribution >= 4 is 0 Å². The van der Waals surface area contributed by atoms with Crippen LogP contribution < -0.4 is 0 Å². The predicted octanol–water partition coefficient (Wildman–Crippen LogP) is 6.73. The largest absolute Gasteiger partial charge is 0.0528 e. The summed E-state index contributed by atoms with van der Waals surface area (Å²) in [4.78, 5) is 0. The zero-order chi connectivity index (χ0) is 14.1. The molecular formula is C21H36. The second-order valence-electron chi connectivity index (χ2n) is 9.47. The molecule has 4 saturated carbocycles. The molecule has 4 rings (SSSR count). The van der Waals surface area contributed by atoms with Crippen LogP contribution in [-0.4, -0.2) is 0 Å². The molecule has 0 amide bonds. The van der Waals surface area contributed by atoms with Gasteiger partial charge in [0, 0.05) is 0 Å². The van der Waals surface area contributed by atoms with Crippen LogP contribution in [0, 0.1) is 29.1 Å². The highest BCUT2D eigenvalue weighted by Gasteiger charge is 2.45. The van der Waals surface area contributed by atoms with Gasteiger partial charge in [0.2, 0.25) is 0 Å². The Hall–Kier alpha value is 0. The molecule has 0 radical (unpaired) electrons. The van der Waals surface area contributed by atoms with Crippen molar-refractivity contribution in [3.63, 3.8) is 0 Å². The molecular weight excluding hydrogens is 252 g/mol. The minimum Gasteiger partial charge on any atom is -0.0528 e. The van der Waals surface area contributed by atoms with Crippen LogP contribution in [0.2, 0.25) is 0 Å². The maximum atomic E-state index is 1.61. The first-order chi connectivity index (χ1) is 10.3. The maximum absolute atomic E-state index is 1.61. The standard InChI is InChI=1S/C21H36/c1-4-17(5-1)14-20-10-9-18(15-20)6-2-7-19-8-3-11-21(16-19)12-13-21/h17-20H,1-16H2. The van der Waals surface area contributed by atoms with Crippen LogP contribution in [0.25, 0.3) is 0 Å². The lowest BCUT2D eigenvalue weighted by molar-refractivity contribution is 0.227. The van der Waals surface area contributed by atoms with E-state index >= 15 is 0 Å². The van der Waals surface area contributed by atoms with Crippen LogP contribution in [0.15, 0.2) is 0 Å². The summed E-state index contributed by atoms with van der Waals surface area (Å²) >= 11 is 0. The Kier molecular flexibility index (Phi) is 4.34. The fourth-order valence-corrected chi connectivity index (χ4v) is 6.01. The fraction of sp³-hybridized carbons (Fsp3) is 1.00. The van der Waals surface area contributed by atoms with Gasteiger partial charge in [-0.3, -0.25) is 0 Å². The van der Waals surface area contributed by atoms with Gasteiger partial charge in [-0.15, -0.1) is 0 Å². The third-order valence-electron chi connectivity index (χ3n) is 7.76. The summed E-state index contributed by atoms with van der Waals surface area (Å²) in [5.74, 6) is 4.51. The average molecular weight is 289 g/mol. The molecule has 0 saturated heterocycles. The summed E-state index contributed by atoms with van der Waals surface area (Å²) < 4.78 is 0. The summed E-state index contributed by atoms with van der Waals surface area (Å²) in [5.41, 5.74) is 0.893. The molecule has 4 aliphatic carbocycles. The van der Waals surface area contributed by atoms with Gasteiger partial charge < -0.3 is 0 Å². The van der Waals surface area contributed by atoms with E-state index in [2.05, 4.69) is 0 Å². The molecule has 0 aromatic carbocycles. The molecule has 0 heteroatoms. The lowest BCUT2D eigenvalue weighted by atomic mass is 9.76. The monoisotopic (exact) mass is 288 g/mol. The van der Waals surface area contributed by atoms with Crippen molar-refractivity contribution in [2.45, 2.75) is 103 Å². The Morgan fingerprint density at radius 2 is 1.43 bits per heavy atom. The van der Waals surface area contributed by atoms with E-state index in [0.29, 0.717) is 0 Å². The molecule has 3 atom stereocenters. The maximum Gasteiger partial charge on any atom is -0.0294 e. The molecule has 0 heterocycles. The molecule has 21 heavy (non-hydrogen) atoms. The molecule has 0 nitrogen and oxygen atoms in total. The van der Waals surface area contributed by atoms with Crippen molar-refractivity contribution in [1.29, 1.82) is 0 Å². The van der Waals surface area contributed by atoms with E-state index in [1.165, 1.54) is 6.42 Å². The van der Waals surface area contributed by atoms with Gasteiger partial charge in [-0.1, -0.05) is 64.2 Å². The molecule has 0 aliphatic heterocycles. The first-order valence-electron chi connectivity index (χ1n) is 10.3. The van der Waals surface area contributed by atoms with Gasteiger partial charge in [0.05, 0.1) is 0 Å². The quantitative estimate of drug-likeness (QED) is 0.508. The highest BCUT2D eigenvalue weighted by Crippen LogP contribution is 2.58. The van der Waals surface area contributed by atoms with Crippen molar-refractivity contribution in [3.8, 4) is 0 Å². The predicted molar refractivity (Wildman–Crippen MR) is 90.3 cm³/mol. The Morgan fingerprint density at radius 1 is 0.667 bits per heavy atom. The second kappa shape index (κ2) is 6.25. The highest BCUT2D eigenvalue weighted by molar-refractivity contribution is 4.97. The topological polar surface area (TPSA) is 0 Å². The second-order valence-corrected chi connectivity index (χ2v) is 9.47. The Bertz CT molecular complexity index is 336. The molecule has 0 aromatic rings. The van der Waals surface area contributed by atoms with Gasteiger partial charge in [-0.05, 0) is 67.6 Å². The average Bonchev–Trinajstić information content (AvgIpc) is 3.01. The van der Waals surface area contributed by atoms with Crippen LogP contribution in [0.4, 0.5) is 0 Å². The van der Waals surface area contributed by atoms with Crippen molar-refractivity contribution < 1.29 is 0 Å². The van der Waals surface area contributed by atoms with Crippen molar-refractivity contribution in [1.82, 2.24) is 0 Å². The Balaban J connectivity index is 1.11. The third-order valence-corrected chi connectivity index (χ3v) is 7.76. The fourth-order valence-electron chi connectivity index (χ4n) is 6.01. The molecule has 3 unspecified atom stereocenters. The van der Waals surface area contributed by atoms with Gasteiger partial charge in [0.25, 0.3) is 0 Å². The third kappa shape index (κ3) is 3.67. The van der Waals surface area contributed by atoms with Gasteiger partial charge in [0.15, 0.2) is 0 Å². The summed E-state index contributed by atoms with van der Waals surface area (Å²) in [6.45, 7) is 0. The van der Waals surface area contributed by atoms with E-state index in [1.54, 1.807) is 96.3 Å². The SMILES string of the molecule is C1CC(CC2CCC(CCCC3CCCC4(CC4)C3)C2)C1. The molecule has 4 fully saturated rings.